The van der Waals surface area contributed by atoms with E-state index in [1.54, 1.807) is 19.1 Å². The summed E-state index contributed by atoms with van der Waals surface area (Å²) in [4.78, 5) is 25.9. The van der Waals surface area contributed by atoms with Crippen LogP contribution in [0.2, 0.25) is 0 Å². The first-order valence-corrected chi connectivity index (χ1v) is 5.23. The number of aromatic nitrogens is 1. The number of hydrogen-bond acceptors (Lipinski definition) is 4. The summed E-state index contributed by atoms with van der Waals surface area (Å²) in [6.45, 7) is 1.61. The number of hydrogen-bond donors (Lipinski definition) is 2. The van der Waals surface area contributed by atoms with Crippen molar-refractivity contribution in [2.24, 2.45) is 0 Å². The van der Waals surface area contributed by atoms with Crippen molar-refractivity contribution in [2.45, 2.75) is 13.0 Å². The summed E-state index contributed by atoms with van der Waals surface area (Å²) < 4.78 is 4.86. The fourth-order valence-corrected chi connectivity index (χ4v) is 1.12. The third-order valence-electron chi connectivity index (χ3n) is 2.18. The fourth-order valence-electron chi connectivity index (χ4n) is 1.12. The second kappa shape index (κ2) is 6.51. The van der Waals surface area contributed by atoms with Crippen molar-refractivity contribution in [1.29, 1.82) is 0 Å². The minimum atomic E-state index is -1.04. The van der Waals surface area contributed by atoms with E-state index in [2.05, 4.69) is 10.3 Å². The predicted molar refractivity (Wildman–Crippen MR) is 66.0 cm³/mol. The second-order valence-corrected chi connectivity index (χ2v) is 3.51. The Kier molecular flexibility index (Phi) is 5.01. The van der Waals surface area contributed by atoms with Crippen LogP contribution in [0.3, 0.4) is 0 Å². The van der Waals surface area contributed by atoms with Crippen LogP contribution >= 0.6 is 0 Å². The molecule has 18 heavy (non-hydrogen) atoms. The minimum Gasteiger partial charge on any atom is -0.478 e. The van der Waals surface area contributed by atoms with E-state index in [-0.39, 0.29) is 5.91 Å². The SMILES string of the molecule is COC(C)C(=O)Nc1cc(/C=C/C(=O)O)ccn1. The summed E-state index contributed by atoms with van der Waals surface area (Å²) >= 11 is 0. The molecule has 1 atom stereocenters. The Morgan fingerprint density at radius 3 is 2.89 bits per heavy atom. The van der Waals surface area contributed by atoms with Gasteiger partial charge in [0.05, 0.1) is 0 Å². The monoisotopic (exact) mass is 250 g/mol. The number of nitrogens with zero attached hydrogens (tertiary/aromatic N) is 1. The van der Waals surface area contributed by atoms with Gasteiger partial charge in [-0.15, -0.1) is 0 Å². The summed E-state index contributed by atoms with van der Waals surface area (Å²) in [5.41, 5.74) is 0.632. The highest BCUT2D eigenvalue weighted by Gasteiger charge is 2.11. The van der Waals surface area contributed by atoms with Crippen molar-refractivity contribution >= 4 is 23.8 Å². The van der Waals surface area contributed by atoms with Gasteiger partial charge in [-0.3, -0.25) is 4.79 Å². The number of carbonyl (C=O) groups is 2. The summed E-state index contributed by atoms with van der Waals surface area (Å²) in [5, 5.41) is 11.1. The van der Waals surface area contributed by atoms with Crippen LogP contribution in [0.15, 0.2) is 24.4 Å². The number of amides is 1. The Balaban J connectivity index is 2.76. The van der Waals surface area contributed by atoms with E-state index in [9.17, 15) is 9.59 Å². The van der Waals surface area contributed by atoms with Crippen LogP contribution in [0, 0.1) is 0 Å². The third-order valence-corrected chi connectivity index (χ3v) is 2.18. The van der Waals surface area contributed by atoms with Crippen LogP contribution in [-0.4, -0.2) is 35.2 Å². The van der Waals surface area contributed by atoms with Crippen LogP contribution in [0.4, 0.5) is 5.82 Å². The summed E-state index contributed by atoms with van der Waals surface area (Å²) in [7, 11) is 1.43. The van der Waals surface area contributed by atoms with Crippen LogP contribution in [-0.2, 0) is 14.3 Å². The highest BCUT2D eigenvalue weighted by atomic mass is 16.5. The van der Waals surface area contributed by atoms with Gasteiger partial charge in [0.2, 0.25) is 0 Å². The molecule has 0 spiro atoms. The molecule has 0 aliphatic carbocycles. The Hall–Kier alpha value is -2.21. The zero-order valence-corrected chi connectivity index (χ0v) is 10.1. The minimum absolute atomic E-state index is 0.315. The first-order valence-electron chi connectivity index (χ1n) is 5.23. The smallest absolute Gasteiger partial charge is 0.328 e. The summed E-state index contributed by atoms with van der Waals surface area (Å²) in [6, 6.07) is 3.20. The average molecular weight is 250 g/mol. The van der Waals surface area contributed by atoms with Crippen molar-refractivity contribution in [3.8, 4) is 0 Å². The molecule has 1 unspecified atom stereocenters. The lowest BCUT2D eigenvalue weighted by atomic mass is 10.2. The van der Waals surface area contributed by atoms with E-state index in [1.165, 1.54) is 19.4 Å². The molecule has 0 aliphatic heterocycles. The molecule has 1 amide bonds. The normalized spacial score (nSPS) is 12.3. The molecule has 1 rings (SSSR count). The first kappa shape index (κ1) is 13.9. The van der Waals surface area contributed by atoms with Crippen molar-refractivity contribution < 1.29 is 19.4 Å². The zero-order valence-electron chi connectivity index (χ0n) is 10.1. The summed E-state index contributed by atoms with van der Waals surface area (Å²) in [5.74, 6) is -1.01. The van der Waals surface area contributed by atoms with Crippen molar-refractivity contribution in [2.75, 3.05) is 12.4 Å². The van der Waals surface area contributed by atoms with E-state index in [0.717, 1.165) is 6.08 Å². The van der Waals surface area contributed by atoms with E-state index in [4.69, 9.17) is 9.84 Å². The van der Waals surface area contributed by atoms with Crippen LogP contribution in [0.1, 0.15) is 12.5 Å². The van der Waals surface area contributed by atoms with Crippen LogP contribution in [0.25, 0.3) is 6.08 Å². The summed E-state index contributed by atoms with van der Waals surface area (Å²) in [6.07, 6.45) is 3.33. The van der Waals surface area contributed by atoms with E-state index < -0.39 is 12.1 Å². The molecular weight excluding hydrogens is 236 g/mol. The predicted octanol–water partition coefficient (Wildman–Crippen LogP) is 1.15. The quantitative estimate of drug-likeness (QED) is 0.765. The van der Waals surface area contributed by atoms with Crippen molar-refractivity contribution in [3.63, 3.8) is 0 Å². The lowest BCUT2D eigenvalue weighted by molar-refractivity contribution is -0.131. The Labute approximate surface area is 104 Å². The van der Waals surface area contributed by atoms with Gasteiger partial charge >= 0.3 is 5.97 Å². The lowest BCUT2D eigenvalue weighted by Crippen LogP contribution is -2.26. The molecule has 1 aromatic rings. The van der Waals surface area contributed by atoms with Crippen molar-refractivity contribution in [3.05, 3.63) is 30.0 Å². The molecule has 0 saturated carbocycles. The molecule has 0 radical (unpaired) electrons. The molecule has 6 nitrogen and oxygen atoms in total. The maximum Gasteiger partial charge on any atom is 0.328 e. The Morgan fingerprint density at radius 1 is 1.56 bits per heavy atom. The number of pyridine rings is 1. The third kappa shape index (κ3) is 4.34. The molecule has 1 heterocycles. The van der Waals surface area contributed by atoms with E-state index in [0.29, 0.717) is 11.4 Å². The second-order valence-electron chi connectivity index (χ2n) is 3.51. The number of anilines is 1. The molecule has 0 bridgehead atoms. The van der Waals surface area contributed by atoms with E-state index in [1.807, 2.05) is 0 Å². The van der Waals surface area contributed by atoms with Gasteiger partial charge in [-0.25, -0.2) is 9.78 Å². The first-order chi connectivity index (χ1) is 8.52. The van der Waals surface area contributed by atoms with Crippen LogP contribution in [0.5, 0.6) is 0 Å². The maximum absolute atomic E-state index is 11.5. The zero-order chi connectivity index (χ0) is 13.5. The Morgan fingerprint density at radius 2 is 2.28 bits per heavy atom. The maximum atomic E-state index is 11.5. The highest BCUT2D eigenvalue weighted by molar-refractivity contribution is 5.93. The number of nitrogens with one attached hydrogen (secondary N) is 1. The number of carboxylic acids is 1. The molecule has 0 aliphatic rings. The largest absolute Gasteiger partial charge is 0.478 e. The number of ether oxygens (including phenoxy) is 1. The van der Waals surface area contributed by atoms with Gasteiger partial charge in [-0.05, 0) is 30.7 Å². The van der Waals surface area contributed by atoms with Gasteiger partial charge in [-0.2, -0.15) is 0 Å². The average Bonchev–Trinajstić information content (AvgIpc) is 2.35. The number of methoxy groups -OCH3 is 1. The molecule has 0 fully saturated rings. The fraction of sp³-hybridized carbons (Fsp3) is 0.250. The van der Waals surface area contributed by atoms with Gasteiger partial charge in [0, 0.05) is 19.4 Å². The number of carboxylic acid groups (broad SMARTS) is 1. The number of aliphatic carboxylic acids is 1. The van der Waals surface area contributed by atoms with Gasteiger partial charge in [0.25, 0.3) is 5.91 Å². The van der Waals surface area contributed by atoms with Gasteiger partial charge in [-0.1, -0.05) is 0 Å². The van der Waals surface area contributed by atoms with E-state index >= 15 is 0 Å². The lowest BCUT2D eigenvalue weighted by Gasteiger charge is -2.09. The molecule has 96 valence electrons. The molecule has 0 aromatic carbocycles. The topological polar surface area (TPSA) is 88.5 Å². The standard InChI is InChI=1S/C12H14N2O4/c1-8(18-2)12(17)14-10-7-9(5-6-13-10)3-4-11(15)16/h3-8H,1-2H3,(H,15,16)(H,13,14,17)/b4-3+. The number of carbonyl (C=O) groups excluding carboxylic acids is 1. The van der Waals surface area contributed by atoms with Gasteiger partial charge in [0.1, 0.15) is 11.9 Å². The molecule has 2 N–H and O–H groups in total. The molecular formula is C12H14N2O4. The molecule has 6 heteroatoms. The van der Waals surface area contributed by atoms with Crippen molar-refractivity contribution in [1.82, 2.24) is 4.98 Å². The molecule has 0 saturated heterocycles. The number of rotatable bonds is 5. The van der Waals surface area contributed by atoms with Gasteiger partial charge in [0.15, 0.2) is 0 Å². The Bertz CT molecular complexity index is 471. The molecule has 1 aromatic heterocycles. The van der Waals surface area contributed by atoms with Crippen LogP contribution < -0.4 is 5.32 Å². The van der Waals surface area contributed by atoms with Gasteiger partial charge < -0.3 is 15.2 Å². The highest BCUT2D eigenvalue weighted by Crippen LogP contribution is 2.09.